The van der Waals surface area contributed by atoms with Crippen molar-refractivity contribution in [3.63, 3.8) is 0 Å². The molecule has 0 amide bonds. The molecule has 0 unspecified atom stereocenters. The number of benzene rings is 2. The first-order valence-corrected chi connectivity index (χ1v) is 7.47. The van der Waals surface area contributed by atoms with E-state index in [4.69, 9.17) is 0 Å². The van der Waals surface area contributed by atoms with Crippen molar-refractivity contribution in [2.75, 3.05) is 0 Å². The maximum Gasteiger partial charge on any atom is 0.270 e. The molecule has 1 heterocycles. The van der Waals surface area contributed by atoms with Crippen molar-refractivity contribution in [2.24, 2.45) is 17.3 Å². The highest BCUT2D eigenvalue weighted by Gasteiger charge is 2.08. The van der Waals surface area contributed by atoms with Gasteiger partial charge in [0.2, 0.25) is 4.80 Å². The van der Waals surface area contributed by atoms with Crippen LogP contribution in [-0.4, -0.2) is 20.8 Å². The standard InChI is InChI=1S/C15H12N4O3S/c1-18-12-4-2-3-5-14(12)23-15(18)17-16-9-10-8-11(19(21)22)6-7-13(10)20/h2-9,20H,1H3/b16-9+,17-15?. The number of nitro benzene ring substituents is 1. The molecule has 23 heavy (non-hydrogen) atoms. The second-order valence-corrected chi connectivity index (χ2v) is 5.77. The Morgan fingerprint density at radius 2 is 2.09 bits per heavy atom. The number of phenols is 1. The Balaban J connectivity index is 1.98. The molecule has 3 rings (SSSR count). The molecular formula is C15H12N4O3S. The van der Waals surface area contributed by atoms with Crippen molar-refractivity contribution in [1.29, 1.82) is 0 Å². The number of nitrogens with zero attached hydrogens (tertiary/aromatic N) is 4. The normalized spacial score (nSPS) is 12.3. The molecule has 3 aromatic rings. The highest BCUT2D eigenvalue weighted by atomic mass is 32.1. The molecule has 0 radical (unpaired) electrons. The number of nitro groups is 1. The summed E-state index contributed by atoms with van der Waals surface area (Å²) in [6, 6.07) is 11.6. The number of thiazole rings is 1. The van der Waals surface area contributed by atoms with Gasteiger partial charge in [0.25, 0.3) is 5.69 Å². The van der Waals surface area contributed by atoms with Crippen molar-refractivity contribution in [3.8, 4) is 5.75 Å². The Hall–Kier alpha value is -3.00. The van der Waals surface area contributed by atoms with Gasteiger partial charge in [0.15, 0.2) is 0 Å². The highest BCUT2D eigenvalue weighted by Crippen LogP contribution is 2.21. The SMILES string of the molecule is Cn1c(=N/N=C/c2cc([N+](=O)[O-])ccc2O)sc2ccccc21. The van der Waals surface area contributed by atoms with E-state index in [2.05, 4.69) is 10.2 Å². The molecular weight excluding hydrogens is 316 g/mol. The van der Waals surface area contributed by atoms with Crippen LogP contribution in [0.3, 0.4) is 0 Å². The van der Waals surface area contributed by atoms with Crippen LogP contribution in [0.4, 0.5) is 5.69 Å². The van der Waals surface area contributed by atoms with Gasteiger partial charge in [-0.15, -0.1) is 5.10 Å². The third kappa shape index (κ3) is 2.97. The average Bonchev–Trinajstić information content (AvgIpc) is 2.86. The van der Waals surface area contributed by atoms with E-state index in [1.54, 1.807) is 0 Å². The Labute approximate surface area is 134 Å². The number of fused-ring (bicyclic) bond motifs is 1. The molecule has 1 aromatic heterocycles. The number of para-hydroxylation sites is 1. The zero-order chi connectivity index (χ0) is 16.4. The molecule has 0 bridgehead atoms. The largest absolute Gasteiger partial charge is 0.507 e. The van der Waals surface area contributed by atoms with Crippen LogP contribution in [0.2, 0.25) is 0 Å². The molecule has 8 heteroatoms. The number of aromatic hydroxyl groups is 1. The smallest absolute Gasteiger partial charge is 0.270 e. The molecule has 0 atom stereocenters. The first-order valence-electron chi connectivity index (χ1n) is 6.65. The second kappa shape index (κ2) is 6.01. The number of non-ortho nitro benzene ring substituents is 1. The van der Waals surface area contributed by atoms with Crippen LogP contribution in [0.25, 0.3) is 10.2 Å². The topological polar surface area (TPSA) is 93.0 Å². The lowest BCUT2D eigenvalue weighted by molar-refractivity contribution is -0.384. The van der Waals surface area contributed by atoms with E-state index in [1.807, 2.05) is 35.9 Å². The number of hydrogen-bond acceptors (Lipinski definition) is 6. The van der Waals surface area contributed by atoms with Crippen molar-refractivity contribution < 1.29 is 10.0 Å². The highest BCUT2D eigenvalue weighted by molar-refractivity contribution is 7.16. The Morgan fingerprint density at radius 3 is 2.83 bits per heavy atom. The lowest BCUT2D eigenvalue weighted by atomic mass is 10.2. The third-order valence-corrected chi connectivity index (χ3v) is 4.38. The van der Waals surface area contributed by atoms with Gasteiger partial charge in [-0.25, -0.2) is 0 Å². The minimum absolute atomic E-state index is 0.0877. The first-order chi connectivity index (χ1) is 11.1. The number of rotatable bonds is 3. The zero-order valence-electron chi connectivity index (χ0n) is 12.1. The van der Waals surface area contributed by atoms with Crippen molar-refractivity contribution in [1.82, 2.24) is 4.57 Å². The summed E-state index contributed by atoms with van der Waals surface area (Å²) in [6.07, 6.45) is 1.30. The maximum atomic E-state index is 10.8. The van der Waals surface area contributed by atoms with E-state index in [0.29, 0.717) is 4.80 Å². The number of phenolic OH excluding ortho intramolecular Hbond substituents is 1. The van der Waals surface area contributed by atoms with Gasteiger partial charge in [-0.05, 0) is 18.2 Å². The van der Waals surface area contributed by atoms with Gasteiger partial charge in [-0.3, -0.25) is 10.1 Å². The molecule has 0 saturated heterocycles. The summed E-state index contributed by atoms with van der Waals surface area (Å²) in [5, 5.41) is 28.5. The van der Waals surface area contributed by atoms with E-state index in [0.717, 1.165) is 10.2 Å². The van der Waals surface area contributed by atoms with Crippen LogP contribution in [0.15, 0.2) is 52.7 Å². The van der Waals surface area contributed by atoms with Gasteiger partial charge < -0.3 is 9.67 Å². The fraction of sp³-hybridized carbons (Fsp3) is 0.0667. The van der Waals surface area contributed by atoms with Crippen molar-refractivity contribution >= 4 is 33.5 Å². The summed E-state index contributed by atoms with van der Waals surface area (Å²) in [5.74, 6) is -0.0877. The molecule has 0 saturated carbocycles. The number of aryl methyl sites for hydroxylation is 1. The van der Waals surface area contributed by atoms with Crippen LogP contribution in [-0.2, 0) is 7.05 Å². The Bertz CT molecular complexity index is 988. The molecule has 0 spiro atoms. The summed E-state index contributed by atoms with van der Waals surface area (Å²) in [5.41, 5.74) is 1.17. The van der Waals surface area contributed by atoms with E-state index in [9.17, 15) is 15.2 Å². The molecule has 0 fully saturated rings. The quantitative estimate of drug-likeness (QED) is 0.455. The summed E-state index contributed by atoms with van der Waals surface area (Å²) < 4.78 is 2.99. The molecule has 2 aromatic carbocycles. The summed E-state index contributed by atoms with van der Waals surface area (Å²) >= 11 is 1.48. The minimum Gasteiger partial charge on any atom is -0.507 e. The fourth-order valence-electron chi connectivity index (χ4n) is 2.08. The monoisotopic (exact) mass is 328 g/mol. The van der Waals surface area contributed by atoms with Crippen LogP contribution in [0.5, 0.6) is 5.75 Å². The molecule has 0 aliphatic rings. The Morgan fingerprint density at radius 1 is 1.30 bits per heavy atom. The van der Waals surface area contributed by atoms with Crippen LogP contribution in [0, 0.1) is 10.1 Å². The van der Waals surface area contributed by atoms with Crippen molar-refractivity contribution in [3.05, 3.63) is 62.9 Å². The Kier molecular flexibility index (Phi) is 3.90. The lowest BCUT2D eigenvalue weighted by Crippen LogP contribution is -2.08. The molecule has 116 valence electrons. The minimum atomic E-state index is -0.528. The predicted molar refractivity (Wildman–Crippen MR) is 88.7 cm³/mol. The number of hydrogen-bond donors (Lipinski definition) is 1. The van der Waals surface area contributed by atoms with E-state index < -0.39 is 4.92 Å². The molecule has 7 nitrogen and oxygen atoms in total. The van der Waals surface area contributed by atoms with Crippen LogP contribution < -0.4 is 4.80 Å². The van der Waals surface area contributed by atoms with Crippen LogP contribution in [0.1, 0.15) is 5.56 Å². The van der Waals surface area contributed by atoms with Crippen LogP contribution >= 0.6 is 11.3 Å². The van der Waals surface area contributed by atoms with Gasteiger partial charge in [0.1, 0.15) is 5.75 Å². The zero-order valence-corrected chi connectivity index (χ0v) is 12.9. The molecule has 0 aliphatic carbocycles. The van der Waals surface area contributed by atoms with Gasteiger partial charge in [-0.1, -0.05) is 23.5 Å². The van der Waals surface area contributed by atoms with E-state index in [1.165, 1.54) is 35.8 Å². The van der Waals surface area contributed by atoms with Crippen molar-refractivity contribution in [2.45, 2.75) is 0 Å². The lowest BCUT2D eigenvalue weighted by Gasteiger charge is -1.97. The van der Waals surface area contributed by atoms with Gasteiger partial charge in [-0.2, -0.15) is 5.10 Å². The first kappa shape index (κ1) is 14.9. The van der Waals surface area contributed by atoms with Gasteiger partial charge >= 0.3 is 0 Å². The fourth-order valence-corrected chi connectivity index (χ4v) is 3.05. The summed E-state index contributed by atoms with van der Waals surface area (Å²) in [4.78, 5) is 10.9. The van der Waals surface area contributed by atoms with Gasteiger partial charge in [0, 0.05) is 24.7 Å². The van der Waals surface area contributed by atoms with E-state index >= 15 is 0 Å². The van der Waals surface area contributed by atoms with E-state index in [-0.39, 0.29) is 17.0 Å². The summed E-state index contributed by atoms with van der Waals surface area (Å²) in [6.45, 7) is 0. The predicted octanol–water partition coefficient (Wildman–Crippen LogP) is 2.79. The maximum absolute atomic E-state index is 10.8. The summed E-state index contributed by atoms with van der Waals surface area (Å²) in [7, 11) is 1.89. The molecule has 0 aliphatic heterocycles. The average molecular weight is 328 g/mol. The second-order valence-electron chi connectivity index (χ2n) is 4.76. The van der Waals surface area contributed by atoms with Gasteiger partial charge in [0.05, 0.1) is 21.4 Å². The number of aromatic nitrogens is 1. The molecule has 1 N–H and O–H groups in total. The third-order valence-electron chi connectivity index (χ3n) is 3.28.